The number of hydrogen-bond donors (Lipinski definition) is 3. The number of rotatable bonds is 11. The number of carbonyl (C=O) groups is 2. The normalized spacial score (nSPS) is 21.2. The third-order valence-electron chi connectivity index (χ3n) is 5.60. The molecule has 9 heteroatoms. The fourth-order valence-corrected chi connectivity index (χ4v) is 4.51. The van der Waals surface area contributed by atoms with Crippen LogP contribution < -0.4 is 10.2 Å². The topological polar surface area (TPSA) is 103 Å². The van der Waals surface area contributed by atoms with Crippen LogP contribution in [0.5, 0.6) is 0 Å². The van der Waals surface area contributed by atoms with Crippen molar-refractivity contribution in [3.05, 3.63) is 11.6 Å². The summed E-state index contributed by atoms with van der Waals surface area (Å²) in [6, 6.07) is -0.199. The third-order valence-corrected chi connectivity index (χ3v) is 6.41. The zero-order valence-electron chi connectivity index (χ0n) is 16.6. The van der Waals surface area contributed by atoms with E-state index < -0.39 is 19.0 Å². The summed E-state index contributed by atoms with van der Waals surface area (Å²) in [4.78, 5) is 32.1. The SMILES string of the molecule is CC(C)C[C@H](NC(=O)[C@@H](CC(=O)[C@@H]1CCN1c1nccs1)CC1CC1)B(O)O. The molecule has 0 aromatic carbocycles. The van der Waals surface area contributed by atoms with Crippen LogP contribution in [0.3, 0.4) is 0 Å². The van der Waals surface area contributed by atoms with Crippen molar-refractivity contribution < 1.29 is 19.6 Å². The Kier molecular flexibility index (Phi) is 7.12. The van der Waals surface area contributed by atoms with E-state index in [1.54, 1.807) is 6.20 Å². The van der Waals surface area contributed by atoms with Crippen LogP contribution >= 0.6 is 11.3 Å². The maximum Gasteiger partial charge on any atom is 0.475 e. The van der Waals surface area contributed by atoms with E-state index in [1.807, 2.05) is 24.1 Å². The zero-order chi connectivity index (χ0) is 20.3. The molecule has 0 unspecified atom stereocenters. The number of aromatic nitrogens is 1. The summed E-state index contributed by atoms with van der Waals surface area (Å²) >= 11 is 1.52. The van der Waals surface area contributed by atoms with Crippen LogP contribution in [0.2, 0.25) is 0 Å². The number of anilines is 1. The molecule has 3 atom stereocenters. The molecule has 1 aliphatic carbocycles. The lowest BCUT2D eigenvalue weighted by Crippen LogP contribution is -2.54. The number of nitrogens with one attached hydrogen (secondary N) is 1. The molecule has 3 rings (SSSR count). The van der Waals surface area contributed by atoms with Gasteiger partial charge in [0, 0.05) is 30.5 Å². The Morgan fingerprint density at radius 2 is 2.11 bits per heavy atom. The average molecular weight is 407 g/mol. The molecule has 0 bridgehead atoms. The lowest BCUT2D eigenvalue weighted by Gasteiger charge is -2.40. The van der Waals surface area contributed by atoms with Crippen molar-refractivity contribution in [3.63, 3.8) is 0 Å². The molecule has 1 aromatic rings. The first-order valence-electron chi connectivity index (χ1n) is 10.2. The quantitative estimate of drug-likeness (QED) is 0.482. The predicted molar refractivity (Wildman–Crippen MR) is 110 cm³/mol. The summed E-state index contributed by atoms with van der Waals surface area (Å²) in [5.41, 5.74) is 0. The van der Waals surface area contributed by atoms with Gasteiger partial charge in [-0.05, 0) is 31.1 Å². The number of nitrogens with zero attached hydrogens (tertiary/aromatic N) is 2. The molecule has 1 aromatic heterocycles. The van der Waals surface area contributed by atoms with E-state index in [9.17, 15) is 19.6 Å². The van der Waals surface area contributed by atoms with Gasteiger partial charge in [0.05, 0.1) is 12.0 Å². The monoisotopic (exact) mass is 407 g/mol. The first-order chi connectivity index (χ1) is 13.3. The van der Waals surface area contributed by atoms with Crippen LogP contribution in [0, 0.1) is 17.8 Å². The Morgan fingerprint density at radius 1 is 1.36 bits per heavy atom. The Labute approximate surface area is 170 Å². The second-order valence-electron chi connectivity index (χ2n) is 8.52. The molecule has 2 fully saturated rings. The van der Waals surface area contributed by atoms with Crippen LogP contribution in [0.15, 0.2) is 11.6 Å². The van der Waals surface area contributed by atoms with Crippen molar-refractivity contribution in [2.75, 3.05) is 11.4 Å². The fraction of sp³-hybridized carbons (Fsp3) is 0.737. The van der Waals surface area contributed by atoms with Crippen molar-refractivity contribution in [2.24, 2.45) is 17.8 Å². The third kappa shape index (κ3) is 5.55. The Bertz CT molecular complexity index is 666. The smallest absolute Gasteiger partial charge is 0.426 e. The van der Waals surface area contributed by atoms with Crippen molar-refractivity contribution in [1.82, 2.24) is 10.3 Å². The molecule has 0 spiro atoms. The number of ketones is 1. The predicted octanol–water partition coefficient (Wildman–Crippen LogP) is 1.64. The van der Waals surface area contributed by atoms with Gasteiger partial charge in [-0.15, -0.1) is 11.3 Å². The maximum atomic E-state index is 12.9. The van der Waals surface area contributed by atoms with Gasteiger partial charge in [-0.25, -0.2) is 4.98 Å². The van der Waals surface area contributed by atoms with Crippen molar-refractivity contribution in [2.45, 2.75) is 64.4 Å². The molecular weight excluding hydrogens is 377 g/mol. The Morgan fingerprint density at radius 3 is 2.61 bits per heavy atom. The lowest BCUT2D eigenvalue weighted by atomic mass is 9.74. The largest absolute Gasteiger partial charge is 0.475 e. The van der Waals surface area contributed by atoms with Crippen molar-refractivity contribution in [1.29, 1.82) is 0 Å². The molecular formula is C19H30BN3O4S. The van der Waals surface area contributed by atoms with Gasteiger partial charge < -0.3 is 20.3 Å². The Balaban J connectivity index is 1.61. The van der Waals surface area contributed by atoms with Crippen LogP contribution in [-0.4, -0.2) is 52.4 Å². The van der Waals surface area contributed by atoms with Gasteiger partial charge in [0.2, 0.25) is 5.91 Å². The maximum absolute atomic E-state index is 12.9. The number of hydrogen-bond acceptors (Lipinski definition) is 7. The molecule has 2 aliphatic rings. The van der Waals surface area contributed by atoms with Crippen LogP contribution in [0.1, 0.15) is 52.4 Å². The molecule has 1 amide bonds. The van der Waals surface area contributed by atoms with Gasteiger partial charge in [0.15, 0.2) is 10.9 Å². The molecule has 28 heavy (non-hydrogen) atoms. The van der Waals surface area contributed by atoms with Crippen LogP contribution in [0.4, 0.5) is 5.13 Å². The summed E-state index contributed by atoms with van der Waals surface area (Å²) < 4.78 is 0. The highest BCUT2D eigenvalue weighted by Gasteiger charge is 2.39. The highest BCUT2D eigenvalue weighted by molar-refractivity contribution is 7.13. The van der Waals surface area contributed by atoms with Gasteiger partial charge in [0.25, 0.3) is 0 Å². The van der Waals surface area contributed by atoms with Gasteiger partial charge in [-0.1, -0.05) is 26.7 Å². The first-order valence-corrected chi connectivity index (χ1v) is 11.1. The van der Waals surface area contributed by atoms with Gasteiger partial charge >= 0.3 is 7.12 Å². The number of Topliss-reactive ketones (excluding diaryl/α,β-unsaturated/α-hetero) is 1. The van der Waals surface area contributed by atoms with Gasteiger partial charge in [0.1, 0.15) is 0 Å². The molecule has 1 aliphatic heterocycles. The van der Waals surface area contributed by atoms with E-state index in [2.05, 4.69) is 10.3 Å². The van der Waals surface area contributed by atoms with Crippen molar-refractivity contribution >= 4 is 35.3 Å². The highest BCUT2D eigenvalue weighted by Crippen LogP contribution is 2.37. The summed E-state index contributed by atoms with van der Waals surface area (Å²) in [6.07, 6.45) is 6.10. The second-order valence-corrected chi connectivity index (χ2v) is 9.39. The van der Waals surface area contributed by atoms with E-state index in [4.69, 9.17) is 0 Å². The molecule has 2 heterocycles. The molecule has 1 saturated carbocycles. The molecule has 0 radical (unpaired) electrons. The summed E-state index contributed by atoms with van der Waals surface area (Å²) in [7, 11) is -1.60. The fourth-order valence-electron chi connectivity index (χ4n) is 3.79. The highest BCUT2D eigenvalue weighted by atomic mass is 32.1. The number of carbonyl (C=O) groups excluding carboxylic acids is 2. The van der Waals surface area contributed by atoms with E-state index in [-0.39, 0.29) is 30.1 Å². The Hall–Kier alpha value is -1.45. The second kappa shape index (κ2) is 9.37. The van der Waals surface area contributed by atoms with E-state index in [0.29, 0.717) is 18.8 Å². The number of thiazole rings is 1. The van der Waals surface area contributed by atoms with Gasteiger partial charge in [-0.3, -0.25) is 9.59 Å². The molecule has 154 valence electrons. The summed E-state index contributed by atoms with van der Waals surface area (Å²) in [5.74, 6) is -0.557. The number of amides is 1. The summed E-state index contributed by atoms with van der Waals surface area (Å²) in [6.45, 7) is 4.75. The van der Waals surface area contributed by atoms with E-state index in [1.165, 1.54) is 11.3 Å². The minimum Gasteiger partial charge on any atom is -0.426 e. The van der Waals surface area contributed by atoms with E-state index in [0.717, 1.165) is 30.9 Å². The summed E-state index contributed by atoms with van der Waals surface area (Å²) in [5, 5.41) is 24.7. The van der Waals surface area contributed by atoms with Gasteiger partial charge in [-0.2, -0.15) is 0 Å². The standard InChI is InChI=1S/C19H30BN3O4S/c1-12(2)9-17(20(26)27)22-18(25)14(10-13-3-4-13)11-16(24)15-5-7-23(15)19-21-6-8-28-19/h6,8,12-15,17,26-27H,3-5,7,9-11H2,1-2H3,(H,22,25)/t14-,15+,17+/m1/s1. The van der Waals surface area contributed by atoms with E-state index >= 15 is 0 Å². The minimum atomic E-state index is -1.60. The van der Waals surface area contributed by atoms with Crippen LogP contribution in [0.25, 0.3) is 0 Å². The molecule has 7 nitrogen and oxygen atoms in total. The van der Waals surface area contributed by atoms with Crippen molar-refractivity contribution in [3.8, 4) is 0 Å². The average Bonchev–Trinajstić information content (AvgIpc) is 3.24. The zero-order valence-corrected chi connectivity index (χ0v) is 17.4. The first kappa shape index (κ1) is 21.3. The van der Waals surface area contributed by atoms with Crippen LogP contribution in [-0.2, 0) is 9.59 Å². The molecule has 1 saturated heterocycles. The minimum absolute atomic E-state index is 0.0761. The lowest BCUT2D eigenvalue weighted by molar-refractivity contribution is -0.131. The molecule has 3 N–H and O–H groups in total.